The Balaban J connectivity index is 2.33. The van der Waals surface area contributed by atoms with E-state index in [0.717, 1.165) is 17.8 Å². The maximum absolute atomic E-state index is 4.35. The summed E-state index contributed by atoms with van der Waals surface area (Å²) in [5, 5.41) is 0. The van der Waals surface area contributed by atoms with Crippen LogP contribution in [0.2, 0.25) is 0 Å². The first kappa shape index (κ1) is 7.68. The molecule has 0 saturated heterocycles. The van der Waals surface area contributed by atoms with Crippen molar-refractivity contribution in [2.24, 2.45) is 0 Å². The van der Waals surface area contributed by atoms with E-state index >= 15 is 0 Å². The lowest BCUT2D eigenvalue weighted by Crippen LogP contribution is -1.92. The molecule has 1 aromatic heterocycles. The van der Waals surface area contributed by atoms with Crippen molar-refractivity contribution in [1.82, 2.24) is 9.97 Å². The molecule has 0 bridgehead atoms. The number of aryl methyl sites for hydroxylation is 1. The van der Waals surface area contributed by atoms with Gasteiger partial charge < -0.3 is 0 Å². The van der Waals surface area contributed by atoms with Crippen LogP contribution in [0.4, 0.5) is 0 Å². The molecule has 1 heterocycles. The average Bonchev–Trinajstić information content (AvgIpc) is 2.59. The minimum absolute atomic E-state index is 0.984. The van der Waals surface area contributed by atoms with Gasteiger partial charge in [0.1, 0.15) is 6.33 Å². The van der Waals surface area contributed by atoms with Crippen LogP contribution in [0.3, 0.4) is 0 Å². The number of hydrogen-bond donors (Lipinski definition) is 0. The monoisotopic (exact) mass is 182 g/mol. The predicted molar refractivity (Wildman–Crippen MR) is 55.0 cm³/mol. The van der Waals surface area contributed by atoms with Crippen molar-refractivity contribution in [1.29, 1.82) is 0 Å². The summed E-state index contributed by atoms with van der Waals surface area (Å²) in [7, 11) is 0. The first-order chi connectivity index (χ1) is 6.86. The van der Waals surface area contributed by atoms with E-state index in [9.17, 15) is 0 Å². The smallest absolute Gasteiger partial charge is 0.116 e. The first-order valence-electron chi connectivity index (χ1n) is 4.75. The van der Waals surface area contributed by atoms with Gasteiger partial charge in [0.25, 0.3) is 0 Å². The van der Waals surface area contributed by atoms with Crippen molar-refractivity contribution in [2.75, 3.05) is 0 Å². The Morgan fingerprint density at radius 3 is 2.93 bits per heavy atom. The number of fused-ring (bicyclic) bond motifs is 3. The zero-order chi connectivity index (χ0) is 9.54. The summed E-state index contributed by atoms with van der Waals surface area (Å²) in [6.07, 6.45) is 2.63. The van der Waals surface area contributed by atoms with Crippen molar-refractivity contribution in [3.05, 3.63) is 47.4 Å². The molecule has 68 valence electrons. The normalized spacial score (nSPS) is 12.4. The number of rotatable bonds is 0. The second-order valence-corrected chi connectivity index (χ2v) is 3.62. The molecule has 0 N–H and O–H groups in total. The lowest BCUT2D eigenvalue weighted by Gasteiger charge is -2.00. The van der Waals surface area contributed by atoms with E-state index in [1.54, 1.807) is 6.33 Å². The van der Waals surface area contributed by atoms with E-state index in [1.165, 1.54) is 16.7 Å². The van der Waals surface area contributed by atoms with E-state index in [-0.39, 0.29) is 0 Å². The van der Waals surface area contributed by atoms with Crippen molar-refractivity contribution in [2.45, 2.75) is 13.3 Å². The summed E-state index contributed by atoms with van der Waals surface area (Å²) >= 11 is 0. The zero-order valence-electron chi connectivity index (χ0n) is 7.99. The van der Waals surface area contributed by atoms with Gasteiger partial charge in [0, 0.05) is 23.2 Å². The van der Waals surface area contributed by atoms with Crippen molar-refractivity contribution < 1.29 is 0 Å². The predicted octanol–water partition coefficient (Wildman–Crippen LogP) is 2.36. The zero-order valence-corrected chi connectivity index (χ0v) is 7.99. The van der Waals surface area contributed by atoms with Crippen molar-refractivity contribution >= 4 is 0 Å². The quantitative estimate of drug-likeness (QED) is 0.533. The lowest BCUT2D eigenvalue weighted by molar-refractivity contribution is 1.05. The highest BCUT2D eigenvalue weighted by Gasteiger charge is 2.20. The molecule has 0 aliphatic heterocycles. The number of benzene rings is 1. The Bertz CT molecular complexity index is 503. The fourth-order valence-corrected chi connectivity index (χ4v) is 2.04. The van der Waals surface area contributed by atoms with Gasteiger partial charge in [0.15, 0.2) is 0 Å². The van der Waals surface area contributed by atoms with Crippen LogP contribution in [0.1, 0.15) is 16.8 Å². The maximum Gasteiger partial charge on any atom is 0.116 e. The molecule has 2 aromatic rings. The van der Waals surface area contributed by atoms with Gasteiger partial charge in [-0.1, -0.05) is 24.3 Å². The fourth-order valence-electron chi connectivity index (χ4n) is 2.04. The molecule has 0 fully saturated rings. The molecule has 1 aliphatic rings. The standard InChI is InChI=1S/C12H10N2/c1-8-11-6-9-4-2-3-5-10(9)12(11)14-7-13-8/h2-5,7H,6H2,1H3. The van der Waals surface area contributed by atoms with Gasteiger partial charge in [0.05, 0.1) is 5.69 Å². The molecule has 0 saturated carbocycles. The van der Waals surface area contributed by atoms with Crippen LogP contribution in [0.25, 0.3) is 11.3 Å². The minimum atomic E-state index is 0.984. The molecule has 1 aliphatic carbocycles. The molecule has 1 aromatic carbocycles. The molecular formula is C12H10N2. The van der Waals surface area contributed by atoms with E-state index < -0.39 is 0 Å². The summed E-state index contributed by atoms with van der Waals surface area (Å²) in [5.41, 5.74) is 6.15. The largest absolute Gasteiger partial charge is 0.241 e. The average molecular weight is 182 g/mol. The number of nitrogens with zero attached hydrogens (tertiary/aromatic N) is 2. The van der Waals surface area contributed by atoms with Crippen LogP contribution in [-0.4, -0.2) is 9.97 Å². The lowest BCUT2D eigenvalue weighted by atomic mass is 10.1. The van der Waals surface area contributed by atoms with Gasteiger partial charge in [-0.15, -0.1) is 0 Å². The SMILES string of the molecule is Cc1ncnc2c1Cc1ccccc1-2. The molecule has 0 unspecified atom stereocenters. The van der Waals surface area contributed by atoms with Gasteiger partial charge in [-0.25, -0.2) is 9.97 Å². The molecule has 2 nitrogen and oxygen atoms in total. The Morgan fingerprint density at radius 2 is 2.00 bits per heavy atom. The number of hydrogen-bond acceptors (Lipinski definition) is 2. The molecule has 2 heteroatoms. The van der Waals surface area contributed by atoms with E-state index in [2.05, 4.69) is 34.2 Å². The van der Waals surface area contributed by atoms with Crippen LogP contribution < -0.4 is 0 Å². The van der Waals surface area contributed by atoms with E-state index in [0.29, 0.717) is 0 Å². The second-order valence-electron chi connectivity index (χ2n) is 3.62. The molecule has 14 heavy (non-hydrogen) atoms. The maximum atomic E-state index is 4.35. The third-order valence-electron chi connectivity index (χ3n) is 2.80. The first-order valence-corrected chi connectivity index (χ1v) is 4.75. The van der Waals surface area contributed by atoms with Crippen LogP contribution in [0.5, 0.6) is 0 Å². The van der Waals surface area contributed by atoms with Crippen molar-refractivity contribution in [3.63, 3.8) is 0 Å². The Labute approximate surface area is 82.7 Å². The molecule has 0 spiro atoms. The highest BCUT2D eigenvalue weighted by atomic mass is 14.8. The second kappa shape index (κ2) is 2.64. The van der Waals surface area contributed by atoms with Gasteiger partial charge in [-0.2, -0.15) is 0 Å². The third-order valence-corrected chi connectivity index (χ3v) is 2.80. The van der Waals surface area contributed by atoms with Gasteiger partial charge in [0.2, 0.25) is 0 Å². The fraction of sp³-hybridized carbons (Fsp3) is 0.167. The Kier molecular flexibility index (Phi) is 1.45. The molecule has 0 amide bonds. The highest BCUT2D eigenvalue weighted by molar-refractivity contribution is 5.73. The molecule has 0 atom stereocenters. The van der Waals surface area contributed by atoms with Crippen molar-refractivity contribution in [3.8, 4) is 11.3 Å². The van der Waals surface area contributed by atoms with Crippen LogP contribution >= 0.6 is 0 Å². The molecular weight excluding hydrogens is 172 g/mol. The van der Waals surface area contributed by atoms with E-state index in [1.807, 2.05) is 6.92 Å². The molecule has 3 rings (SSSR count). The minimum Gasteiger partial charge on any atom is -0.241 e. The highest BCUT2D eigenvalue weighted by Crippen LogP contribution is 2.35. The van der Waals surface area contributed by atoms with Crippen LogP contribution in [0.15, 0.2) is 30.6 Å². The summed E-state index contributed by atoms with van der Waals surface area (Å²) in [6.45, 7) is 2.05. The van der Waals surface area contributed by atoms with Crippen LogP contribution in [0, 0.1) is 6.92 Å². The third kappa shape index (κ3) is 0.909. The van der Waals surface area contributed by atoms with E-state index in [4.69, 9.17) is 0 Å². The van der Waals surface area contributed by atoms with Gasteiger partial charge in [-0.3, -0.25) is 0 Å². The Hall–Kier alpha value is -1.70. The summed E-state index contributed by atoms with van der Waals surface area (Å²) in [5.74, 6) is 0. The summed E-state index contributed by atoms with van der Waals surface area (Å²) < 4.78 is 0. The van der Waals surface area contributed by atoms with Crippen LogP contribution in [-0.2, 0) is 6.42 Å². The van der Waals surface area contributed by atoms with Gasteiger partial charge >= 0.3 is 0 Å². The topological polar surface area (TPSA) is 25.8 Å². The Morgan fingerprint density at radius 1 is 1.14 bits per heavy atom. The van der Waals surface area contributed by atoms with Gasteiger partial charge in [-0.05, 0) is 12.5 Å². The number of aromatic nitrogens is 2. The molecule has 0 radical (unpaired) electrons. The summed E-state index contributed by atoms with van der Waals surface area (Å²) in [4.78, 5) is 8.57. The summed E-state index contributed by atoms with van der Waals surface area (Å²) in [6, 6.07) is 8.43.